The van der Waals surface area contributed by atoms with Gasteiger partial charge < -0.3 is 0 Å². The van der Waals surface area contributed by atoms with Crippen LogP contribution in [0.5, 0.6) is 0 Å². The molecule has 2 rings (SSSR count). The first kappa shape index (κ1) is 8.23. The monoisotopic (exact) mass is 215 g/mol. The van der Waals surface area contributed by atoms with Crippen LogP contribution in [0.2, 0.25) is 0 Å². The first-order valence-corrected chi connectivity index (χ1v) is 5.73. The normalized spacial score (nSPS) is 10.4. The molecule has 0 saturated carbocycles. The van der Waals surface area contributed by atoms with Crippen molar-refractivity contribution in [2.24, 2.45) is 0 Å². The van der Waals surface area contributed by atoms with Crippen molar-refractivity contribution in [2.75, 3.05) is 0 Å². The van der Waals surface area contributed by atoms with Crippen molar-refractivity contribution in [1.82, 2.24) is 4.98 Å². The molecule has 4 heteroatoms. The third-order valence-corrected chi connectivity index (χ3v) is 3.68. The molecule has 62 valence electrons. The third-order valence-electron chi connectivity index (χ3n) is 1.45. The van der Waals surface area contributed by atoms with Gasteiger partial charge >= 0.3 is 0 Å². The number of thiazole rings is 1. The molecule has 0 saturated heterocycles. The van der Waals surface area contributed by atoms with E-state index in [1.54, 1.807) is 22.7 Å². The van der Waals surface area contributed by atoms with Gasteiger partial charge in [0.05, 0.1) is 4.88 Å². The van der Waals surface area contributed by atoms with Gasteiger partial charge in [0.2, 0.25) is 0 Å². The van der Waals surface area contributed by atoms with E-state index in [1.807, 2.05) is 11.6 Å². The molecular weight excluding hydrogens is 210 g/mol. The Kier molecular flexibility index (Phi) is 2.44. The zero-order valence-electron chi connectivity index (χ0n) is 6.16. The molecule has 0 radical (unpaired) electrons. The van der Waals surface area contributed by atoms with Crippen LogP contribution in [-0.4, -0.2) is 4.98 Å². The summed E-state index contributed by atoms with van der Waals surface area (Å²) in [4.78, 5) is 5.43. The van der Waals surface area contributed by atoms with E-state index in [4.69, 9.17) is 11.6 Å². The van der Waals surface area contributed by atoms with Crippen molar-refractivity contribution in [3.63, 3.8) is 0 Å². The fraction of sp³-hybridized carbons (Fsp3) is 0.125. The number of rotatable bonds is 2. The summed E-state index contributed by atoms with van der Waals surface area (Å²) in [6.07, 6.45) is 1.82. The second-order valence-corrected chi connectivity index (χ2v) is 4.36. The summed E-state index contributed by atoms with van der Waals surface area (Å²) in [7, 11) is 0. The summed E-state index contributed by atoms with van der Waals surface area (Å²) in [5, 5.41) is 5.13. The number of halogens is 1. The molecule has 0 aromatic carbocycles. The standard InChI is InChI=1S/C8H6ClNS2/c9-4-6-3-7(12-5-6)8-10-1-2-11-8/h1-3,5H,4H2. The molecule has 0 spiro atoms. The van der Waals surface area contributed by atoms with Gasteiger partial charge in [-0.15, -0.1) is 34.3 Å². The van der Waals surface area contributed by atoms with Crippen LogP contribution in [-0.2, 0) is 5.88 Å². The molecular formula is C8H6ClNS2. The highest BCUT2D eigenvalue weighted by Gasteiger charge is 2.03. The SMILES string of the molecule is ClCc1csc(-c2nccs2)c1. The van der Waals surface area contributed by atoms with Crippen LogP contribution >= 0.6 is 34.3 Å². The number of hydrogen-bond donors (Lipinski definition) is 0. The van der Waals surface area contributed by atoms with Gasteiger partial charge in [-0.3, -0.25) is 0 Å². The van der Waals surface area contributed by atoms with E-state index < -0.39 is 0 Å². The lowest BCUT2D eigenvalue weighted by molar-refractivity contribution is 1.42. The summed E-state index contributed by atoms with van der Waals surface area (Å²) in [6.45, 7) is 0. The molecule has 0 amide bonds. The predicted octanol–water partition coefficient (Wildman–Crippen LogP) is 3.61. The van der Waals surface area contributed by atoms with Crippen molar-refractivity contribution >= 4 is 34.3 Å². The Morgan fingerprint density at radius 1 is 1.42 bits per heavy atom. The van der Waals surface area contributed by atoms with Gasteiger partial charge in [-0.05, 0) is 17.0 Å². The molecule has 12 heavy (non-hydrogen) atoms. The predicted molar refractivity (Wildman–Crippen MR) is 55.0 cm³/mol. The highest BCUT2D eigenvalue weighted by molar-refractivity contribution is 7.20. The topological polar surface area (TPSA) is 12.9 Å². The van der Waals surface area contributed by atoms with E-state index in [0.717, 1.165) is 5.01 Å². The Morgan fingerprint density at radius 3 is 2.92 bits per heavy atom. The van der Waals surface area contributed by atoms with Gasteiger partial charge in [-0.1, -0.05) is 0 Å². The van der Waals surface area contributed by atoms with Gasteiger partial charge in [0, 0.05) is 17.5 Å². The van der Waals surface area contributed by atoms with Crippen LogP contribution in [0.3, 0.4) is 0 Å². The summed E-state index contributed by atoms with van der Waals surface area (Å²) in [5.41, 5.74) is 1.17. The Hall–Kier alpha value is -0.380. The van der Waals surface area contributed by atoms with E-state index in [9.17, 15) is 0 Å². The number of hydrogen-bond acceptors (Lipinski definition) is 3. The first-order valence-electron chi connectivity index (χ1n) is 3.43. The summed E-state index contributed by atoms with van der Waals surface area (Å²) in [6, 6.07) is 2.09. The summed E-state index contributed by atoms with van der Waals surface area (Å²) >= 11 is 9.04. The fourth-order valence-corrected chi connectivity index (χ4v) is 2.79. The van der Waals surface area contributed by atoms with Gasteiger partial charge in [0.1, 0.15) is 5.01 Å². The molecule has 0 N–H and O–H groups in total. The maximum Gasteiger partial charge on any atom is 0.133 e. The molecule has 0 fully saturated rings. The van der Waals surface area contributed by atoms with Gasteiger partial charge in [-0.2, -0.15) is 0 Å². The van der Waals surface area contributed by atoms with Crippen LogP contribution in [0.4, 0.5) is 0 Å². The fourth-order valence-electron chi connectivity index (χ4n) is 0.903. The molecule has 0 aliphatic heterocycles. The molecule has 2 aromatic rings. The van der Waals surface area contributed by atoms with E-state index in [2.05, 4.69) is 16.4 Å². The van der Waals surface area contributed by atoms with Crippen molar-refractivity contribution in [3.05, 3.63) is 28.6 Å². The molecule has 0 bridgehead atoms. The number of thiophene rings is 1. The smallest absolute Gasteiger partial charge is 0.133 e. The Bertz CT molecular complexity index is 353. The van der Waals surface area contributed by atoms with Crippen LogP contribution in [0, 0.1) is 0 Å². The van der Waals surface area contributed by atoms with Crippen molar-refractivity contribution < 1.29 is 0 Å². The maximum absolute atomic E-state index is 5.69. The Morgan fingerprint density at radius 2 is 2.33 bits per heavy atom. The third kappa shape index (κ3) is 1.53. The Balaban J connectivity index is 2.35. The molecule has 0 aliphatic rings. The minimum absolute atomic E-state index is 0.585. The van der Waals surface area contributed by atoms with Gasteiger partial charge in [-0.25, -0.2) is 4.98 Å². The lowest BCUT2D eigenvalue weighted by atomic mass is 10.3. The van der Waals surface area contributed by atoms with Crippen molar-refractivity contribution in [1.29, 1.82) is 0 Å². The minimum atomic E-state index is 0.585. The van der Waals surface area contributed by atoms with E-state index in [-0.39, 0.29) is 0 Å². The van der Waals surface area contributed by atoms with E-state index in [0.29, 0.717) is 5.88 Å². The van der Waals surface area contributed by atoms with Crippen LogP contribution in [0.1, 0.15) is 5.56 Å². The average molecular weight is 216 g/mol. The number of alkyl halides is 1. The molecule has 0 aliphatic carbocycles. The minimum Gasteiger partial charge on any atom is -0.244 e. The number of nitrogens with zero attached hydrogens (tertiary/aromatic N) is 1. The largest absolute Gasteiger partial charge is 0.244 e. The van der Waals surface area contributed by atoms with Crippen LogP contribution < -0.4 is 0 Å². The molecule has 0 unspecified atom stereocenters. The zero-order valence-corrected chi connectivity index (χ0v) is 8.55. The molecule has 1 nitrogen and oxygen atoms in total. The lowest BCUT2D eigenvalue weighted by Crippen LogP contribution is -1.68. The first-order chi connectivity index (χ1) is 5.90. The molecule has 2 heterocycles. The summed E-state index contributed by atoms with van der Waals surface area (Å²) < 4.78 is 0. The van der Waals surface area contributed by atoms with E-state index in [1.165, 1.54) is 10.4 Å². The van der Waals surface area contributed by atoms with Crippen LogP contribution in [0.15, 0.2) is 23.0 Å². The average Bonchev–Trinajstić information content (AvgIpc) is 2.75. The Labute approximate surface area is 83.7 Å². The van der Waals surface area contributed by atoms with Crippen LogP contribution in [0.25, 0.3) is 9.88 Å². The maximum atomic E-state index is 5.69. The van der Waals surface area contributed by atoms with E-state index >= 15 is 0 Å². The molecule has 2 aromatic heterocycles. The lowest BCUT2D eigenvalue weighted by Gasteiger charge is -1.85. The highest BCUT2D eigenvalue weighted by Crippen LogP contribution is 2.29. The quantitative estimate of drug-likeness (QED) is 0.698. The number of aromatic nitrogens is 1. The summed E-state index contributed by atoms with van der Waals surface area (Å²) in [5.74, 6) is 0.585. The second kappa shape index (κ2) is 3.56. The zero-order chi connectivity index (χ0) is 8.39. The van der Waals surface area contributed by atoms with Crippen molar-refractivity contribution in [3.8, 4) is 9.88 Å². The second-order valence-electron chi connectivity index (χ2n) is 2.29. The van der Waals surface area contributed by atoms with Gasteiger partial charge in [0.15, 0.2) is 0 Å². The van der Waals surface area contributed by atoms with Gasteiger partial charge in [0.25, 0.3) is 0 Å². The molecule has 0 atom stereocenters. The van der Waals surface area contributed by atoms with Crippen molar-refractivity contribution in [2.45, 2.75) is 5.88 Å². The highest BCUT2D eigenvalue weighted by atomic mass is 35.5.